The first-order valence-corrected chi connectivity index (χ1v) is 8.80. The maximum atomic E-state index is 6.27. The van der Waals surface area contributed by atoms with Crippen molar-refractivity contribution in [2.75, 3.05) is 0 Å². The predicted molar refractivity (Wildman–Crippen MR) is 98.0 cm³/mol. The lowest BCUT2D eigenvalue weighted by atomic mass is 9.65. The van der Waals surface area contributed by atoms with Crippen molar-refractivity contribution < 1.29 is 0 Å². The molecule has 0 N–H and O–H groups in total. The monoisotopic (exact) mass is 334 g/mol. The molecule has 2 aromatic rings. The third-order valence-corrected chi connectivity index (χ3v) is 5.27. The molecule has 0 saturated carbocycles. The van der Waals surface area contributed by atoms with Crippen molar-refractivity contribution in [2.24, 2.45) is 5.92 Å². The maximum Gasteiger partial charge on any atom is 0.0409 e. The van der Waals surface area contributed by atoms with Gasteiger partial charge in [0, 0.05) is 15.5 Å². The third-order valence-electron chi connectivity index (χ3n) is 4.80. The van der Waals surface area contributed by atoms with E-state index in [1.807, 2.05) is 24.3 Å². The second-order valence-electron chi connectivity index (χ2n) is 6.12. The highest BCUT2D eigenvalue weighted by Crippen LogP contribution is 2.43. The summed E-state index contributed by atoms with van der Waals surface area (Å²) in [5.41, 5.74) is 2.45. The van der Waals surface area contributed by atoms with Gasteiger partial charge in [0.1, 0.15) is 0 Å². The Hall–Kier alpha value is -0.980. The predicted octanol–water partition coefficient (Wildman–Crippen LogP) is 7.13. The lowest BCUT2D eigenvalue weighted by molar-refractivity contribution is 0.311. The fourth-order valence-corrected chi connectivity index (χ4v) is 3.89. The molecule has 2 rings (SSSR count). The minimum Gasteiger partial charge on any atom is -0.0843 e. The Kier molecular flexibility index (Phi) is 5.94. The second kappa shape index (κ2) is 7.53. The Morgan fingerprint density at radius 3 is 1.77 bits per heavy atom. The van der Waals surface area contributed by atoms with Gasteiger partial charge in [-0.1, -0.05) is 81.1 Å². The lowest BCUT2D eigenvalue weighted by Gasteiger charge is -2.39. The van der Waals surface area contributed by atoms with Crippen LogP contribution >= 0.6 is 23.2 Å². The van der Waals surface area contributed by atoms with Gasteiger partial charge < -0.3 is 0 Å². The molecule has 0 aliphatic rings. The summed E-state index contributed by atoms with van der Waals surface area (Å²) in [6.45, 7) is 6.85. The van der Waals surface area contributed by atoms with E-state index in [-0.39, 0.29) is 5.41 Å². The van der Waals surface area contributed by atoms with E-state index in [1.54, 1.807) is 0 Å². The molecule has 0 saturated heterocycles. The van der Waals surface area contributed by atoms with Crippen LogP contribution in [0.4, 0.5) is 0 Å². The minimum atomic E-state index is -0.0828. The Morgan fingerprint density at radius 1 is 0.909 bits per heavy atom. The van der Waals surface area contributed by atoms with E-state index in [9.17, 15) is 0 Å². The van der Waals surface area contributed by atoms with Gasteiger partial charge in [-0.3, -0.25) is 0 Å². The largest absolute Gasteiger partial charge is 0.0843 e. The first-order chi connectivity index (χ1) is 10.5. The zero-order valence-corrected chi connectivity index (χ0v) is 15.1. The third kappa shape index (κ3) is 3.50. The highest BCUT2D eigenvalue weighted by Gasteiger charge is 2.36. The molecule has 0 nitrogen and oxygen atoms in total. The van der Waals surface area contributed by atoms with E-state index in [4.69, 9.17) is 23.2 Å². The van der Waals surface area contributed by atoms with Gasteiger partial charge in [0.05, 0.1) is 0 Å². The van der Waals surface area contributed by atoms with Crippen LogP contribution in [0.5, 0.6) is 0 Å². The van der Waals surface area contributed by atoms with Crippen molar-refractivity contribution in [3.05, 3.63) is 69.7 Å². The first kappa shape index (κ1) is 17.4. The van der Waals surface area contributed by atoms with E-state index >= 15 is 0 Å². The van der Waals surface area contributed by atoms with Gasteiger partial charge in [-0.2, -0.15) is 0 Å². The summed E-state index contributed by atoms with van der Waals surface area (Å²) in [5, 5.41) is 1.58. The molecule has 0 fully saturated rings. The maximum absolute atomic E-state index is 6.27. The fraction of sp³-hybridized carbons (Fsp3) is 0.400. The SMILES string of the molecule is CCCC(CC)C(C)(c1cccc(Cl)c1)c1cccc(Cl)c1. The van der Waals surface area contributed by atoms with Crippen molar-refractivity contribution >= 4 is 23.2 Å². The molecule has 0 amide bonds. The molecule has 2 heteroatoms. The normalized spacial score (nSPS) is 13.1. The highest BCUT2D eigenvalue weighted by atomic mass is 35.5. The van der Waals surface area contributed by atoms with Gasteiger partial charge in [0.15, 0.2) is 0 Å². The van der Waals surface area contributed by atoms with Crippen LogP contribution in [0.2, 0.25) is 10.0 Å². The van der Waals surface area contributed by atoms with Gasteiger partial charge in [-0.15, -0.1) is 0 Å². The average Bonchev–Trinajstić information content (AvgIpc) is 2.52. The molecule has 0 aromatic heterocycles. The van der Waals surface area contributed by atoms with E-state index in [1.165, 1.54) is 24.0 Å². The number of hydrogen-bond donors (Lipinski definition) is 0. The fourth-order valence-electron chi connectivity index (χ4n) is 3.51. The zero-order chi connectivity index (χ0) is 16.2. The molecule has 22 heavy (non-hydrogen) atoms. The van der Waals surface area contributed by atoms with Gasteiger partial charge >= 0.3 is 0 Å². The Bertz CT molecular complexity index is 573. The topological polar surface area (TPSA) is 0 Å². The molecular formula is C20H24Cl2. The van der Waals surface area contributed by atoms with Gasteiger partial charge in [-0.05, 0) is 47.7 Å². The molecule has 0 heterocycles. The van der Waals surface area contributed by atoms with Crippen LogP contribution in [0.25, 0.3) is 0 Å². The van der Waals surface area contributed by atoms with Crippen LogP contribution in [-0.2, 0) is 5.41 Å². The van der Waals surface area contributed by atoms with Crippen molar-refractivity contribution in [3.8, 4) is 0 Å². The Labute approximate surface area is 144 Å². The van der Waals surface area contributed by atoms with Crippen molar-refractivity contribution in [1.29, 1.82) is 0 Å². The quantitative estimate of drug-likeness (QED) is 0.527. The molecule has 1 atom stereocenters. The number of halogens is 2. The molecule has 0 spiro atoms. The Balaban J connectivity index is 2.62. The molecule has 2 aromatic carbocycles. The van der Waals surface area contributed by atoms with E-state index in [0.717, 1.165) is 16.5 Å². The summed E-state index contributed by atoms with van der Waals surface area (Å²) in [7, 11) is 0. The first-order valence-electron chi connectivity index (χ1n) is 8.04. The van der Waals surface area contributed by atoms with Gasteiger partial charge in [0.2, 0.25) is 0 Å². The van der Waals surface area contributed by atoms with Crippen LogP contribution in [-0.4, -0.2) is 0 Å². The zero-order valence-electron chi connectivity index (χ0n) is 13.6. The summed E-state index contributed by atoms with van der Waals surface area (Å²) in [5.74, 6) is 0.550. The number of hydrogen-bond acceptors (Lipinski definition) is 0. The van der Waals surface area contributed by atoms with Crippen molar-refractivity contribution in [2.45, 2.75) is 45.4 Å². The van der Waals surface area contributed by atoms with Crippen LogP contribution in [0, 0.1) is 5.92 Å². The molecule has 0 radical (unpaired) electrons. The van der Waals surface area contributed by atoms with Crippen LogP contribution < -0.4 is 0 Å². The molecule has 0 aliphatic heterocycles. The van der Waals surface area contributed by atoms with Crippen LogP contribution in [0.1, 0.15) is 51.2 Å². The van der Waals surface area contributed by atoms with Gasteiger partial charge in [0.25, 0.3) is 0 Å². The summed E-state index contributed by atoms with van der Waals surface area (Å²) in [6, 6.07) is 16.5. The van der Waals surface area contributed by atoms with Gasteiger partial charge in [-0.25, -0.2) is 0 Å². The minimum absolute atomic E-state index is 0.0828. The lowest BCUT2D eigenvalue weighted by Crippen LogP contribution is -2.33. The summed E-state index contributed by atoms with van der Waals surface area (Å²) < 4.78 is 0. The summed E-state index contributed by atoms with van der Waals surface area (Å²) in [6.07, 6.45) is 3.49. The summed E-state index contributed by atoms with van der Waals surface area (Å²) >= 11 is 12.5. The highest BCUT2D eigenvalue weighted by molar-refractivity contribution is 6.31. The average molecular weight is 335 g/mol. The molecule has 0 bridgehead atoms. The van der Waals surface area contributed by atoms with Crippen molar-refractivity contribution in [3.63, 3.8) is 0 Å². The molecule has 0 aliphatic carbocycles. The van der Waals surface area contributed by atoms with Crippen LogP contribution in [0.3, 0.4) is 0 Å². The second-order valence-corrected chi connectivity index (χ2v) is 6.99. The van der Waals surface area contributed by atoms with E-state index in [2.05, 4.69) is 45.0 Å². The summed E-state index contributed by atoms with van der Waals surface area (Å²) in [4.78, 5) is 0. The smallest absolute Gasteiger partial charge is 0.0409 e. The molecular weight excluding hydrogens is 311 g/mol. The van der Waals surface area contributed by atoms with E-state index in [0.29, 0.717) is 5.92 Å². The number of rotatable bonds is 6. The number of benzene rings is 2. The van der Waals surface area contributed by atoms with Crippen molar-refractivity contribution in [1.82, 2.24) is 0 Å². The molecule has 118 valence electrons. The standard InChI is InChI=1S/C20H24Cl2/c1-4-8-15(5-2)20(3,16-9-6-11-18(21)13-16)17-10-7-12-19(22)14-17/h6-7,9-15H,4-5,8H2,1-3H3. The molecule has 1 unspecified atom stereocenters. The van der Waals surface area contributed by atoms with Crippen LogP contribution in [0.15, 0.2) is 48.5 Å². The van der Waals surface area contributed by atoms with E-state index < -0.39 is 0 Å². The Morgan fingerprint density at radius 2 is 1.41 bits per heavy atom.